The molecule has 1 aromatic heterocycles. The van der Waals surface area contributed by atoms with Crippen LogP contribution < -0.4 is 16.1 Å². The van der Waals surface area contributed by atoms with Crippen molar-refractivity contribution in [3.8, 4) is 11.4 Å². The van der Waals surface area contributed by atoms with Crippen LogP contribution >= 0.6 is 0 Å². The average molecular weight is 482 g/mol. The molecule has 2 fully saturated rings. The van der Waals surface area contributed by atoms with Crippen molar-refractivity contribution in [3.05, 3.63) is 36.7 Å². The van der Waals surface area contributed by atoms with Crippen LogP contribution in [-0.2, 0) is 14.4 Å². The van der Waals surface area contributed by atoms with E-state index in [0.29, 0.717) is 18.8 Å². The fourth-order valence-corrected chi connectivity index (χ4v) is 5.03. The molecule has 1 saturated carbocycles. The molecule has 3 atom stereocenters. The van der Waals surface area contributed by atoms with E-state index in [9.17, 15) is 14.4 Å². The van der Waals surface area contributed by atoms with Gasteiger partial charge in [-0.15, -0.1) is 10.2 Å². The van der Waals surface area contributed by atoms with E-state index in [2.05, 4.69) is 26.3 Å². The van der Waals surface area contributed by atoms with Crippen LogP contribution in [0.1, 0.15) is 51.9 Å². The molecule has 1 aromatic carbocycles. The number of nitrogens with zero attached hydrogens (tertiary/aromatic N) is 4. The van der Waals surface area contributed by atoms with Crippen molar-refractivity contribution in [2.75, 3.05) is 19.0 Å². The molecule has 10 heteroatoms. The first-order valence-corrected chi connectivity index (χ1v) is 12.5. The van der Waals surface area contributed by atoms with Crippen LogP contribution in [0.5, 0.6) is 0 Å². The number of benzene rings is 1. The van der Waals surface area contributed by atoms with Gasteiger partial charge in [-0.3, -0.25) is 19.8 Å². The van der Waals surface area contributed by atoms with Crippen molar-refractivity contribution < 1.29 is 14.4 Å². The highest BCUT2D eigenvalue weighted by molar-refractivity contribution is 5.96. The fourth-order valence-electron chi connectivity index (χ4n) is 5.03. The number of rotatable bonds is 8. The van der Waals surface area contributed by atoms with E-state index in [4.69, 9.17) is 0 Å². The molecule has 2 aromatic rings. The molecular formula is C25H35N7O3. The topological polar surface area (TPSA) is 121 Å². The molecule has 10 nitrogen and oxygen atoms in total. The lowest BCUT2D eigenvalue weighted by Gasteiger charge is -2.35. The highest BCUT2D eigenvalue weighted by Crippen LogP contribution is 2.29. The first-order chi connectivity index (χ1) is 17.0. The van der Waals surface area contributed by atoms with Crippen LogP contribution in [0.2, 0.25) is 0 Å². The van der Waals surface area contributed by atoms with Crippen LogP contribution in [-0.4, -0.2) is 69.2 Å². The van der Waals surface area contributed by atoms with Gasteiger partial charge in [0.1, 0.15) is 18.4 Å². The van der Waals surface area contributed by atoms with E-state index in [1.165, 1.54) is 11.0 Å². The lowest BCUT2D eigenvalue weighted by atomic mass is 9.83. The van der Waals surface area contributed by atoms with Crippen LogP contribution in [0.3, 0.4) is 0 Å². The molecule has 0 radical (unpaired) electrons. The van der Waals surface area contributed by atoms with Crippen molar-refractivity contribution in [1.29, 1.82) is 0 Å². The van der Waals surface area contributed by atoms with E-state index >= 15 is 0 Å². The molecule has 2 heterocycles. The number of likely N-dealkylation sites (N-methyl/N-ethyl adjacent to an activating group) is 1. The number of carbonyl (C=O) groups excluding carboxylic acids is 3. The van der Waals surface area contributed by atoms with Gasteiger partial charge in [-0.1, -0.05) is 49.6 Å². The van der Waals surface area contributed by atoms with Crippen molar-refractivity contribution in [3.63, 3.8) is 0 Å². The maximum atomic E-state index is 13.8. The summed E-state index contributed by atoms with van der Waals surface area (Å²) in [7, 11) is 1.72. The predicted octanol–water partition coefficient (Wildman–Crippen LogP) is 1.68. The van der Waals surface area contributed by atoms with Crippen molar-refractivity contribution in [1.82, 2.24) is 30.4 Å². The Hall–Kier alpha value is -3.27. The van der Waals surface area contributed by atoms with Crippen LogP contribution in [0, 0.1) is 5.92 Å². The molecule has 4 rings (SSSR count). The molecule has 3 N–H and O–H groups in total. The second-order valence-electron chi connectivity index (χ2n) is 9.45. The third kappa shape index (κ3) is 5.70. The number of hydrogen-bond acceptors (Lipinski definition) is 6. The molecule has 1 saturated heterocycles. The Morgan fingerprint density at radius 1 is 1.03 bits per heavy atom. The fraction of sp³-hybridized carbons (Fsp3) is 0.560. The zero-order valence-electron chi connectivity index (χ0n) is 20.4. The van der Waals surface area contributed by atoms with Gasteiger partial charge in [0.15, 0.2) is 5.82 Å². The van der Waals surface area contributed by atoms with Gasteiger partial charge in [0.2, 0.25) is 11.8 Å². The number of amides is 3. The standard InChI is InChI=1S/C25H35N7O3/c1-17(26-2)23(33)28-21(18-10-5-3-6-11-18)25(35)31-15-9-14-20(31)24(34)30-32-16-27-29-22(32)19-12-7-4-8-13-19/h4,7-8,12-13,16-18,20-21,26H,3,5-6,9-11,14-15H2,1-2H3,(H,28,33)(H,30,34)/t17-,20-,21-/m0/s1. The Labute approximate surface area is 205 Å². The Bertz CT molecular complexity index is 1020. The summed E-state index contributed by atoms with van der Waals surface area (Å²) in [6.45, 7) is 2.26. The highest BCUT2D eigenvalue weighted by Gasteiger charge is 2.41. The summed E-state index contributed by atoms with van der Waals surface area (Å²) >= 11 is 0. The normalized spacial score (nSPS) is 20.3. The molecule has 188 valence electrons. The third-order valence-corrected chi connectivity index (χ3v) is 7.16. The molecule has 1 aliphatic heterocycles. The van der Waals surface area contributed by atoms with Gasteiger partial charge in [-0.25, -0.2) is 4.68 Å². The lowest BCUT2D eigenvalue weighted by molar-refractivity contribution is -0.142. The van der Waals surface area contributed by atoms with E-state index in [1.54, 1.807) is 18.9 Å². The summed E-state index contributed by atoms with van der Waals surface area (Å²) in [6, 6.07) is 7.83. The van der Waals surface area contributed by atoms with Crippen LogP contribution in [0.15, 0.2) is 36.7 Å². The minimum Gasteiger partial charge on any atom is -0.343 e. The van der Waals surface area contributed by atoms with Gasteiger partial charge in [0, 0.05) is 12.1 Å². The second-order valence-corrected chi connectivity index (χ2v) is 9.45. The molecule has 3 amide bonds. The predicted molar refractivity (Wildman–Crippen MR) is 132 cm³/mol. The van der Waals surface area contributed by atoms with Crippen LogP contribution in [0.25, 0.3) is 11.4 Å². The van der Waals surface area contributed by atoms with Gasteiger partial charge < -0.3 is 15.5 Å². The summed E-state index contributed by atoms with van der Waals surface area (Å²) in [5.74, 6) is -0.0590. The zero-order valence-corrected chi connectivity index (χ0v) is 20.4. The van der Waals surface area contributed by atoms with Crippen molar-refractivity contribution in [2.45, 2.75) is 70.0 Å². The number of nitrogens with one attached hydrogen (secondary N) is 3. The molecule has 0 unspecified atom stereocenters. The van der Waals surface area contributed by atoms with Crippen molar-refractivity contribution in [2.24, 2.45) is 5.92 Å². The van der Waals surface area contributed by atoms with Gasteiger partial charge in [0.05, 0.1) is 6.04 Å². The first kappa shape index (κ1) is 24.8. The number of hydrogen-bond donors (Lipinski definition) is 3. The molecule has 2 aliphatic rings. The smallest absolute Gasteiger partial charge is 0.261 e. The second kappa shape index (κ2) is 11.4. The quantitative estimate of drug-likeness (QED) is 0.528. The van der Waals surface area contributed by atoms with E-state index in [0.717, 1.165) is 44.1 Å². The Morgan fingerprint density at radius 2 is 1.77 bits per heavy atom. The summed E-state index contributed by atoms with van der Waals surface area (Å²) < 4.78 is 1.49. The molecule has 1 aliphatic carbocycles. The minimum absolute atomic E-state index is 0.0797. The van der Waals surface area contributed by atoms with Crippen molar-refractivity contribution >= 4 is 17.7 Å². The van der Waals surface area contributed by atoms with Gasteiger partial charge in [0.25, 0.3) is 5.91 Å². The maximum Gasteiger partial charge on any atom is 0.261 e. The molecular weight excluding hydrogens is 446 g/mol. The average Bonchev–Trinajstić information content (AvgIpc) is 3.57. The summed E-state index contributed by atoms with van der Waals surface area (Å²) in [4.78, 5) is 41.4. The van der Waals surface area contributed by atoms with Gasteiger partial charge in [-0.05, 0) is 45.6 Å². The van der Waals surface area contributed by atoms with E-state index in [1.807, 2.05) is 30.3 Å². The number of aromatic nitrogens is 3. The minimum atomic E-state index is -0.623. The number of carbonyl (C=O) groups is 3. The Balaban J connectivity index is 1.50. The van der Waals surface area contributed by atoms with E-state index < -0.39 is 18.1 Å². The summed E-state index contributed by atoms with van der Waals surface area (Å²) in [6.07, 6.45) is 7.79. The lowest BCUT2D eigenvalue weighted by Crippen LogP contribution is -2.57. The third-order valence-electron chi connectivity index (χ3n) is 7.16. The monoisotopic (exact) mass is 481 g/mol. The molecule has 35 heavy (non-hydrogen) atoms. The first-order valence-electron chi connectivity index (χ1n) is 12.5. The largest absolute Gasteiger partial charge is 0.343 e. The molecule has 0 bridgehead atoms. The number of likely N-dealkylation sites (tertiary alicyclic amines) is 1. The highest BCUT2D eigenvalue weighted by atomic mass is 16.2. The summed E-state index contributed by atoms with van der Waals surface area (Å²) in [5, 5.41) is 14.0. The van der Waals surface area contributed by atoms with E-state index in [-0.39, 0.29) is 23.6 Å². The van der Waals surface area contributed by atoms with Crippen LogP contribution in [0.4, 0.5) is 0 Å². The zero-order chi connectivity index (χ0) is 24.8. The van der Waals surface area contributed by atoms with Gasteiger partial charge in [-0.2, -0.15) is 0 Å². The Kier molecular flexibility index (Phi) is 8.12. The maximum absolute atomic E-state index is 13.8. The summed E-state index contributed by atoms with van der Waals surface area (Å²) in [5.41, 5.74) is 3.69. The Morgan fingerprint density at radius 3 is 2.49 bits per heavy atom. The van der Waals surface area contributed by atoms with Gasteiger partial charge >= 0.3 is 0 Å². The molecule has 0 spiro atoms. The SMILES string of the molecule is CN[C@@H](C)C(=O)N[C@H](C(=O)N1CCC[C@H]1C(=O)Nn1cnnc1-c1ccccc1)C1CCCCC1.